The van der Waals surface area contributed by atoms with Gasteiger partial charge in [0.05, 0.1) is 14.2 Å². The molecule has 4 aliphatic heterocycles. The topological polar surface area (TPSA) is 67.0 Å². The molecule has 330 valence electrons. The second-order valence-electron chi connectivity index (χ2n) is 17.8. The summed E-state index contributed by atoms with van der Waals surface area (Å²) in [5.74, 6) is 2.31. The SMILES string of the molecule is COc1ccc(C(C)(C)C)cc1CN[C@H]1C2CCN(CC2)[C@H]1C(c1ccccc1)c1ccccc1.COc1ccc(OC(F)(F)F)cc1CN[C@H]1CCCN[C@H]1c1ccccc1. The first-order valence-corrected chi connectivity index (χ1v) is 22.1. The molecule has 7 nitrogen and oxygen atoms in total. The van der Waals surface area contributed by atoms with E-state index < -0.39 is 6.36 Å². The summed E-state index contributed by atoms with van der Waals surface area (Å²) >= 11 is 0. The Kier molecular flexibility index (Phi) is 15.0. The molecule has 10 heteroatoms. The molecule has 0 radical (unpaired) electrons. The molecule has 4 fully saturated rings. The van der Waals surface area contributed by atoms with Crippen LogP contribution in [0.25, 0.3) is 0 Å². The molecule has 0 spiro atoms. The maximum absolute atomic E-state index is 12.5. The van der Waals surface area contributed by atoms with Crippen molar-refractivity contribution in [2.45, 2.75) is 101 Å². The maximum Gasteiger partial charge on any atom is 0.573 e. The minimum absolute atomic E-state index is 0.116. The van der Waals surface area contributed by atoms with Crippen molar-refractivity contribution in [3.05, 3.63) is 161 Å². The van der Waals surface area contributed by atoms with Gasteiger partial charge < -0.3 is 30.2 Å². The molecule has 3 N–H and O–H groups in total. The average molecular weight is 849 g/mol. The lowest BCUT2D eigenvalue weighted by atomic mass is 9.70. The summed E-state index contributed by atoms with van der Waals surface area (Å²) in [6.45, 7) is 11.4. The van der Waals surface area contributed by atoms with Gasteiger partial charge in [0.15, 0.2) is 0 Å². The standard InChI is InChI=1S/C32H40N2O.C20H23F3N2O2/c1-32(2,3)27-15-16-28(35-4)26(21-27)22-33-30-25-17-19-34(20-18-25)31(30)29(23-11-7-5-8-12-23)24-13-9-6-10-14-24;1-26-18-10-9-16(27-20(21,22)23)12-15(18)13-25-17-8-5-11-24-19(17)14-6-3-2-4-7-14/h5-16,21,25,29-31,33H,17-20,22H2,1-4H3;2-4,6-7,9-10,12,17,19,24-25H,5,8,11,13H2,1H3/t30-,31-;17-,19-/m00/s1. The number of piperidine rings is 4. The normalized spacial score (nSPS) is 22.4. The van der Waals surface area contributed by atoms with Crippen molar-refractivity contribution in [2.75, 3.05) is 33.9 Å². The van der Waals surface area contributed by atoms with E-state index in [2.05, 4.69) is 137 Å². The quantitative estimate of drug-likeness (QED) is 0.109. The second kappa shape index (κ2) is 20.5. The van der Waals surface area contributed by atoms with Gasteiger partial charge in [-0.15, -0.1) is 13.2 Å². The van der Waals surface area contributed by atoms with Gasteiger partial charge in [-0.3, -0.25) is 4.90 Å². The maximum atomic E-state index is 12.5. The summed E-state index contributed by atoms with van der Waals surface area (Å²) in [4.78, 5) is 2.76. The number of nitrogens with zero attached hydrogens (tertiary/aromatic N) is 1. The molecule has 5 aromatic rings. The summed E-state index contributed by atoms with van der Waals surface area (Å²) in [5.41, 5.74) is 7.36. The van der Waals surface area contributed by atoms with Gasteiger partial charge in [-0.2, -0.15) is 0 Å². The Hall–Kier alpha value is -4.87. The van der Waals surface area contributed by atoms with Crippen LogP contribution in [-0.4, -0.2) is 63.2 Å². The van der Waals surface area contributed by atoms with Crippen LogP contribution in [0.4, 0.5) is 13.2 Å². The lowest BCUT2D eigenvalue weighted by molar-refractivity contribution is -0.274. The highest BCUT2D eigenvalue weighted by Gasteiger charge is 2.46. The molecule has 0 aromatic heterocycles. The van der Waals surface area contributed by atoms with E-state index in [-0.39, 0.29) is 23.2 Å². The molecule has 4 aliphatic rings. The van der Waals surface area contributed by atoms with Crippen molar-refractivity contribution in [1.82, 2.24) is 20.9 Å². The number of ether oxygens (including phenoxy) is 3. The van der Waals surface area contributed by atoms with Crippen LogP contribution in [0.2, 0.25) is 0 Å². The lowest BCUT2D eigenvalue weighted by Crippen LogP contribution is -2.64. The first-order chi connectivity index (χ1) is 29.9. The Morgan fingerprint density at radius 1 is 0.694 bits per heavy atom. The molecule has 4 atom stereocenters. The summed E-state index contributed by atoms with van der Waals surface area (Å²) < 4.78 is 52.6. The average Bonchev–Trinajstić information content (AvgIpc) is 3.29. The number of benzene rings is 5. The van der Waals surface area contributed by atoms with E-state index in [4.69, 9.17) is 9.47 Å². The molecule has 4 heterocycles. The first kappa shape index (κ1) is 45.2. The highest BCUT2D eigenvalue weighted by atomic mass is 19.4. The third-order valence-corrected chi connectivity index (χ3v) is 12.9. The predicted molar refractivity (Wildman–Crippen MR) is 242 cm³/mol. The van der Waals surface area contributed by atoms with Gasteiger partial charge in [-0.05, 0) is 103 Å². The van der Waals surface area contributed by atoms with Gasteiger partial charge in [-0.1, -0.05) is 124 Å². The van der Waals surface area contributed by atoms with Crippen LogP contribution in [0.1, 0.15) is 91.8 Å². The van der Waals surface area contributed by atoms with E-state index in [0.29, 0.717) is 41.8 Å². The molecular weight excluding hydrogens is 786 g/mol. The van der Waals surface area contributed by atoms with Gasteiger partial charge in [0.2, 0.25) is 0 Å². The monoisotopic (exact) mass is 848 g/mol. The number of nitrogens with one attached hydrogen (secondary N) is 3. The Labute approximate surface area is 366 Å². The fourth-order valence-electron chi connectivity index (χ4n) is 9.76. The minimum atomic E-state index is -4.72. The number of alkyl halides is 3. The van der Waals surface area contributed by atoms with Crippen LogP contribution >= 0.6 is 0 Å². The van der Waals surface area contributed by atoms with Crippen molar-refractivity contribution in [3.63, 3.8) is 0 Å². The lowest BCUT2D eigenvalue weighted by Gasteiger charge is -2.54. The number of rotatable bonds is 13. The zero-order valence-electron chi connectivity index (χ0n) is 36.8. The summed E-state index contributed by atoms with van der Waals surface area (Å²) in [5, 5.41) is 11.1. The molecule has 0 amide bonds. The van der Waals surface area contributed by atoms with Crippen molar-refractivity contribution in [3.8, 4) is 17.2 Å². The van der Waals surface area contributed by atoms with Crippen molar-refractivity contribution >= 4 is 0 Å². The minimum Gasteiger partial charge on any atom is -0.496 e. The van der Waals surface area contributed by atoms with Crippen LogP contribution in [0.15, 0.2) is 127 Å². The molecule has 5 aromatic carbocycles. The Balaban J connectivity index is 0.000000193. The van der Waals surface area contributed by atoms with Gasteiger partial charge in [0.1, 0.15) is 17.2 Å². The van der Waals surface area contributed by atoms with Crippen molar-refractivity contribution in [2.24, 2.45) is 5.92 Å². The van der Waals surface area contributed by atoms with Crippen LogP contribution in [-0.2, 0) is 18.5 Å². The number of halogens is 3. The fraction of sp³-hybridized carbons (Fsp3) is 0.423. The molecule has 62 heavy (non-hydrogen) atoms. The zero-order chi connectivity index (χ0) is 43.7. The number of fused-ring (bicyclic) bond motifs is 3. The van der Waals surface area contributed by atoms with E-state index in [1.54, 1.807) is 7.11 Å². The van der Waals surface area contributed by atoms with E-state index in [9.17, 15) is 13.2 Å². The van der Waals surface area contributed by atoms with Crippen LogP contribution < -0.4 is 30.2 Å². The molecule has 9 rings (SSSR count). The Morgan fingerprint density at radius 3 is 1.84 bits per heavy atom. The highest BCUT2D eigenvalue weighted by Crippen LogP contribution is 2.42. The highest BCUT2D eigenvalue weighted by molar-refractivity contribution is 5.42. The molecular formula is C52H63F3N4O3. The van der Waals surface area contributed by atoms with Crippen molar-refractivity contribution in [1.29, 1.82) is 0 Å². The first-order valence-electron chi connectivity index (χ1n) is 22.1. The summed E-state index contributed by atoms with van der Waals surface area (Å²) in [7, 11) is 3.28. The fourth-order valence-corrected chi connectivity index (χ4v) is 9.76. The van der Waals surface area contributed by atoms with E-state index >= 15 is 0 Å². The van der Waals surface area contributed by atoms with E-state index in [1.165, 1.54) is 79.1 Å². The third-order valence-electron chi connectivity index (χ3n) is 12.9. The van der Waals surface area contributed by atoms with Gasteiger partial charge >= 0.3 is 6.36 Å². The van der Waals surface area contributed by atoms with Gasteiger partial charge in [-0.25, -0.2) is 0 Å². The van der Waals surface area contributed by atoms with E-state index in [0.717, 1.165) is 31.7 Å². The summed E-state index contributed by atoms with van der Waals surface area (Å²) in [6, 6.07) is 44.4. The van der Waals surface area contributed by atoms with Crippen LogP contribution in [0.5, 0.6) is 17.2 Å². The summed E-state index contributed by atoms with van der Waals surface area (Å²) in [6.07, 6.45) is -0.138. The number of hydrogen-bond acceptors (Lipinski definition) is 7. The van der Waals surface area contributed by atoms with Gasteiger partial charge in [0, 0.05) is 54.3 Å². The second-order valence-corrected chi connectivity index (χ2v) is 17.8. The Bertz CT molecular complexity index is 2100. The molecule has 0 unspecified atom stereocenters. The molecule has 0 saturated carbocycles. The smallest absolute Gasteiger partial charge is 0.496 e. The van der Waals surface area contributed by atoms with Crippen LogP contribution in [0.3, 0.4) is 0 Å². The molecule has 4 saturated heterocycles. The van der Waals surface area contributed by atoms with Gasteiger partial charge in [0.25, 0.3) is 0 Å². The largest absolute Gasteiger partial charge is 0.573 e. The number of hydrogen-bond donors (Lipinski definition) is 3. The molecule has 2 bridgehead atoms. The third kappa shape index (κ3) is 11.4. The van der Waals surface area contributed by atoms with Crippen molar-refractivity contribution < 1.29 is 27.4 Å². The Morgan fingerprint density at radius 2 is 1.26 bits per heavy atom. The number of methoxy groups -OCH3 is 2. The molecule has 0 aliphatic carbocycles. The van der Waals surface area contributed by atoms with E-state index in [1.807, 2.05) is 18.2 Å². The zero-order valence-corrected chi connectivity index (χ0v) is 36.8. The van der Waals surface area contributed by atoms with Crippen LogP contribution in [0, 0.1) is 5.92 Å². The predicted octanol–water partition coefficient (Wildman–Crippen LogP) is 10.6.